The van der Waals surface area contributed by atoms with Gasteiger partial charge in [0.2, 0.25) is 0 Å². The third kappa shape index (κ3) is 5.48. The molecular formula is C15H16O5. The largest absolute Gasteiger partial charge is 0.481 e. The first kappa shape index (κ1) is 15.6. The summed E-state index contributed by atoms with van der Waals surface area (Å²) in [5, 5.41) is 8.50. The van der Waals surface area contributed by atoms with Crippen LogP contribution in [0.15, 0.2) is 30.3 Å². The first-order valence-electron chi connectivity index (χ1n) is 6.11. The van der Waals surface area contributed by atoms with Crippen LogP contribution in [0.4, 0.5) is 0 Å². The van der Waals surface area contributed by atoms with Crippen LogP contribution in [0.2, 0.25) is 0 Å². The van der Waals surface area contributed by atoms with Crippen LogP contribution < -0.4 is 0 Å². The molecule has 1 aromatic rings. The Labute approximate surface area is 116 Å². The normalized spacial score (nSPS) is 10.4. The quantitative estimate of drug-likeness (QED) is 0.610. The van der Waals surface area contributed by atoms with Crippen molar-refractivity contribution < 1.29 is 24.2 Å². The number of esters is 1. The summed E-state index contributed by atoms with van der Waals surface area (Å²) in [6, 6.07) is 6.76. The molecule has 0 amide bonds. The molecular weight excluding hydrogens is 260 g/mol. The van der Waals surface area contributed by atoms with E-state index in [1.165, 1.54) is 13.2 Å². The highest BCUT2D eigenvalue weighted by atomic mass is 16.5. The number of aliphatic carboxylic acids is 1. The number of ether oxygens (including phenoxy) is 1. The molecule has 0 aliphatic carbocycles. The van der Waals surface area contributed by atoms with Gasteiger partial charge in [-0.2, -0.15) is 0 Å². The number of carboxylic acid groups (broad SMARTS) is 1. The number of methoxy groups -OCH3 is 1. The summed E-state index contributed by atoms with van der Waals surface area (Å²) in [7, 11) is 1.28. The maximum absolute atomic E-state index is 11.8. The van der Waals surface area contributed by atoms with Gasteiger partial charge >= 0.3 is 11.9 Å². The molecule has 106 valence electrons. The average Bonchev–Trinajstić information content (AvgIpc) is 2.44. The van der Waals surface area contributed by atoms with E-state index in [1.807, 2.05) is 0 Å². The van der Waals surface area contributed by atoms with Crippen molar-refractivity contribution >= 4 is 23.8 Å². The Hall–Kier alpha value is -2.43. The van der Waals surface area contributed by atoms with Gasteiger partial charge in [-0.15, -0.1) is 0 Å². The van der Waals surface area contributed by atoms with E-state index in [2.05, 4.69) is 4.74 Å². The lowest BCUT2D eigenvalue weighted by Crippen LogP contribution is -2.05. The third-order valence-corrected chi connectivity index (χ3v) is 2.62. The molecule has 0 aromatic heterocycles. The van der Waals surface area contributed by atoms with E-state index in [4.69, 9.17) is 5.11 Å². The van der Waals surface area contributed by atoms with E-state index >= 15 is 0 Å². The summed E-state index contributed by atoms with van der Waals surface area (Å²) in [6.45, 7) is 0. The predicted molar refractivity (Wildman–Crippen MR) is 73.3 cm³/mol. The number of hydrogen-bond acceptors (Lipinski definition) is 4. The van der Waals surface area contributed by atoms with Crippen molar-refractivity contribution in [2.75, 3.05) is 7.11 Å². The van der Waals surface area contributed by atoms with Crippen LogP contribution >= 0.6 is 0 Å². The molecule has 0 aliphatic rings. The van der Waals surface area contributed by atoms with Gasteiger partial charge in [0.15, 0.2) is 5.78 Å². The van der Waals surface area contributed by atoms with Crippen LogP contribution in [0.1, 0.15) is 35.2 Å². The first-order chi connectivity index (χ1) is 9.52. The van der Waals surface area contributed by atoms with Gasteiger partial charge in [0, 0.05) is 12.0 Å². The van der Waals surface area contributed by atoms with E-state index < -0.39 is 11.9 Å². The number of carboxylic acids is 1. The van der Waals surface area contributed by atoms with E-state index in [0.717, 1.165) is 5.56 Å². The topological polar surface area (TPSA) is 80.7 Å². The van der Waals surface area contributed by atoms with Crippen molar-refractivity contribution in [3.63, 3.8) is 0 Å². The molecule has 0 fully saturated rings. The van der Waals surface area contributed by atoms with Gasteiger partial charge in [-0.1, -0.05) is 36.4 Å². The highest BCUT2D eigenvalue weighted by Crippen LogP contribution is 2.10. The van der Waals surface area contributed by atoms with Crippen LogP contribution in [0.3, 0.4) is 0 Å². The van der Waals surface area contributed by atoms with Gasteiger partial charge in [0.05, 0.1) is 20.0 Å². The number of hydrogen-bond donors (Lipinski definition) is 1. The Morgan fingerprint density at radius 1 is 1.15 bits per heavy atom. The minimum Gasteiger partial charge on any atom is -0.481 e. The smallest absolute Gasteiger partial charge is 0.307 e. The Kier molecular flexibility index (Phi) is 6.16. The lowest BCUT2D eigenvalue weighted by molar-refractivity contribution is -0.140. The molecule has 1 aromatic carbocycles. The summed E-state index contributed by atoms with van der Waals surface area (Å²) in [5.41, 5.74) is 1.33. The molecule has 0 aliphatic heterocycles. The molecule has 0 atom stereocenters. The molecule has 0 unspecified atom stereocenters. The highest BCUT2D eigenvalue weighted by molar-refractivity contribution is 5.97. The zero-order valence-corrected chi connectivity index (χ0v) is 11.2. The van der Waals surface area contributed by atoms with Gasteiger partial charge in [-0.3, -0.25) is 14.4 Å². The van der Waals surface area contributed by atoms with E-state index in [0.29, 0.717) is 5.56 Å². The highest BCUT2D eigenvalue weighted by Gasteiger charge is 2.08. The van der Waals surface area contributed by atoms with Crippen molar-refractivity contribution in [1.29, 1.82) is 0 Å². The summed E-state index contributed by atoms with van der Waals surface area (Å²) >= 11 is 0. The molecule has 0 radical (unpaired) electrons. The predicted octanol–water partition coefficient (Wildman–Crippen LogP) is 2.31. The molecule has 0 spiro atoms. The molecule has 5 heteroatoms. The summed E-state index contributed by atoms with van der Waals surface area (Å²) in [5.74, 6) is -1.43. The van der Waals surface area contributed by atoms with Crippen LogP contribution in [-0.4, -0.2) is 29.9 Å². The molecule has 0 heterocycles. The van der Waals surface area contributed by atoms with Gasteiger partial charge in [0.1, 0.15) is 0 Å². The second-order valence-electron chi connectivity index (χ2n) is 4.12. The minimum absolute atomic E-state index is 0.0419. The molecule has 0 bridgehead atoms. The van der Waals surface area contributed by atoms with Gasteiger partial charge in [-0.25, -0.2) is 0 Å². The lowest BCUT2D eigenvalue weighted by Gasteiger charge is -2.01. The molecule has 0 saturated carbocycles. The zero-order chi connectivity index (χ0) is 15.0. The summed E-state index contributed by atoms with van der Waals surface area (Å²) < 4.78 is 4.47. The second kappa shape index (κ2) is 7.89. The molecule has 20 heavy (non-hydrogen) atoms. The SMILES string of the molecule is COC(=O)CCC(=O)c1ccc(C=CCC(=O)O)cc1. The fourth-order valence-electron chi connectivity index (χ4n) is 1.54. The van der Waals surface area contributed by atoms with Crippen molar-refractivity contribution in [3.05, 3.63) is 41.5 Å². The number of benzene rings is 1. The number of ketones is 1. The van der Waals surface area contributed by atoms with E-state index in [1.54, 1.807) is 30.3 Å². The zero-order valence-electron chi connectivity index (χ0n) is 11.2. The van der Waals surface area contributed by atoms with Crippen LogP contribution in [-0.2, 0) is 14.3 Å². The number of rotatable bonds is 7. The van der Waals surface area contributed by atoms with E-state index in [9.17, 15) is 14.4 Å². The van der Waals surface area contributed by atoms with E-state index in [-0.39, 0.29) is 25.0 Å². The number of carbonyl (C=O) groups excluding carboxylic acids is 2. The van der Waals surface area contributed by atoms with Gasteiger partial charge in [-0.05, 0) is 5.56 Å². The Bertz CT molecular complexity index is 514. The van der Waals surface area contributed by atoms with Crippen molar-refractivity contribution in [2.24, 2.45) is 0 Å². The van der Waals surface area contributed by atoms with Crippen molar-refractivity contribution in [2.45, 2.75) is 19.3 Å². The van der Waals surface area contributed by atoms with Crippen LogP contribution in [0.5, 0.6) is 0 Å². The van der Waals surface area contributed by atoms with Crippen LogP contribution in [0, 0.1) is 0 Å². The number of carbonyl (C=O) groups is 3. The maximum atomic E-state index is 11.8. The van der Waals surface area contributed by atoms with Gasteiger partial charge < -0.3 is 9.84 Å². The van der Waals surface area contributed by atoms with Gasteiger partial charge in [0.25, 0.3) is 0 Å². The van der Waals surface area contributed by atoms with Crippen molar-refractivity contribution in [3.8, 4) is 0 Å². The molecule has 1 N–H and O–H groups in total. The fraction of sp³-hybridized carbons (Fsp3) is 0.267. The second-order valence-corrected chi connectivity index (χ2v) is 4.12. The summed E-state index contributed by atoms with van der Waals surface area (Å²) in [6.07, 6.45) is 3.35. The monoisotopic (exact) mass is 276 g/mol. The Balaban J connectivity index is 2.57. The third-order valence-electron chi connectivity index (χ3n) is 2.62. The van der Waals surface area contributed by atoms with Crippen molar-refractivity contribution in [1.82, 2.24) is 0 Å². The molecule has 0 saturated heterocycles. The minimum atomic E-state index is -0.893. The Morgan fingerprint density at radius 2 is 1.80 bits per heavy atom. The van der Waals surface area contributed by atoms with Crippen LogP contribution in [0.25, 0.3) is 6.08 Å². The molecule has 1 rings (SSSR count). The fourth-order valence-corrected chi connectivity index (χ4v) is 1.54. The summed E-state index contributed by atoms with van der Waals surface area (Å²) in [4.78, 5) is 33.1. The lowest BCUT2D eigenvalue weighted by atomic mass is 10.0. The maximum Gasteiger partial charge on any atom is 0.307 e. The number of Topliss-reactive ketones (excluding diaryl/α,β-unsaturated/α-hetero) is 1. The first-order valence-corrected chi connectivity index (χ1v) is 6.11. The standard InChI is InChI=1S/C15H16O5/c1-20-15(19)10-9-13(16)12-7-5-11(6-8-12)3-2-4-14(17)18/h2-3,5-8H,4,9-10H2,1H3,(H,17,18). The average molecular weight is 276 g/mol. The molecule has 5 nitrogen and oxygen atoms in total. The Morgan fingerprint density at radius 3 is 2.35 bits per heavy atom.